The number of carboxylic acid groups (broad SMARTS) is 1. The molecule has 0 fully saturated rings. The minimum absolute atomic E-state index is 0.0609. The van der Waals surface area contributed by atoms with Crippen LogP contribution in [0.2, 0.25) is 0 Å². The standard InChI is InChI=1S/C11H21NO3/c1-7-10(3,4)8(2)12-15-11(5,6)9(13)14/h7H2,1-6H3,(H,13,14)/b12-8+. The summed E-state index contributed by atoms with van der Waals surface area (Å²) in [6.45, 7) is 10.9. The monoisotopic (exact) mass is 215 g/mol. The van der Waals surface area contributed by atoms with Crippen LogP contribution < -0.4 is 0 Å². The Morgan fingerprint density at radius 2 is 1.80 bits per heavy atom. The molecule has 0 aliphatic carbocycles. The van der Waals surface area contributed by atoms with E-state index in [9.17, 15) is 4.79 Å². The van der Waals surface area contributed by atoms with Crippen LogP contribution in [-0.4, -0.2) is 22.4 Å². The molecule has 1 N–H and O–H groups in total. The van der Waals surface area contributed by atoms with E-state index in [1.807, 2.05) is 20.8 Å². The topological polar surface area (TPSA) is 58.9 Å². The van der Waals surface area contributed by atoms with Crippen LogP contribution in [0.25, 0.3) is 0 Å². The molecule has 0 aromatic heterocycles. The predicted octanol–water partition coefficient (Wildman–Crippen LogP) is 2.68. The van der Waals surface area contributed by atoms with Gasteiger partial charge in [-0.05, 0) is 27.2 Å². The number of aliphatic carboxylic acids is 1. The summed E-state index contributed by atoms with van der Waals surface area (Å²) >= 11 is 0. The van der Waals surface area contributed by atoms with Gasteiger partial charge < -0.3 is 9.94 Å². The van der Waals surface area contributed by atoms with Crippen LogP contribution in [0, 0.1) is 5.41 Å². The predicted molar refractivity (Wildman–Crippen MR) is 60.0 cm³/mol. The Morgan fingerprint density at radius 3 is 2.13 bits per heavy atom. The van der Waals surface area contributed by atoms with Crippen molar-refractivity contribution in [1.82, 2.24) is 0 Å². The fourth-order valence-corrected chi connectivity index (χ4v) is 0.601. The molecule has 4 nitrogen and oxygen atoms in total. The normalized spacial score (nSPS) is 13.9. The van der Waals surface area contributed by atoms with Gasteiger partial charge in [0.05, 0.1) is 5.71 Å². The van der Waals surface area contributed by atoms with Crippen molar-refractivity contribution in [3.63, 3.8) is 0 Å². The van der Waals surface area contributed by atoms with Gasteiger partial charge in [0.25, 0.3) is 0 Å². The number of carbonyl (C=O) groups is 1. The summed E-state index contributed by atoms with van der Waals surface area (Å²) in [6.07, 6.45) is 0.930. The summed E-state index contributed by atoms with van der Waals surface area (Å²) in [7, 11) is 0. The molecule has 0 aromatic rings. The lowest BCUT2D eigenvalue weighted by molar-refractivity contribution is -0.161. The summed E-state index contributed by atoms with van der Waals surface area (Å²) in [5.41, 5.74) is -0.529. The summed E-state index contributed by atoms with van der Waals surface area (Å²) < 4.78 is 0. The Bertz CT molecular complexity index is 267. The lowest BCUT2D eigenvalue weighted by atomic mass is 9.86. The first kappa shape index (κ1) is 13.9. The molecule has 0 aliphatic rings. The fraction of sp³-hybridized carbons (Fsp3) is 0.818. The van der Waals surface area contributed by atoms with Gasteiger partial charge in [0.1, 0.15) is 0 Å². The van der Waals surface area contributed by atoms with Crippen LogP contribution in [0.15, 0.2) is 5.16 Å². The summed E-state index contributed by atoms with van der Waals surface area (Å²) in [6, 6.07) is 0. The van der Waals surface area contributed by atoms with Crippen LogP contribution in [0.5, 0.6) is 0 Å². The van der Waals surface area contributed by atoms with Gasteiger partial charge in [-0.25, -0.2) is 4.79 Å². The van der Waals surface area contributed by atoms with Crippen molar-refractivity contribution in [1.29, 1.82) is 0 Å². The summed E-state index contributed by atoms with van der Waals surface area (Å²) in [5, 5.41) is 12.7. The van der Waals surface area contributed by atoms with Gasteiger partial charge in [0, 0.05) is 5.41 Å². The summed E-state index contributed by atoms with van der Waals surface area (Å²) in [5.74, 6) is -1.02. The van der Waals surface area contributed by atoms with Crippen LogP contribution in [0.4, 0.5) is 0 Å². The van der Waals surface area contributed by atoms with Crippen molar-refractivity contribution in [3.8, 4) is 0 Å². The first-order chi connectivity index (χ1) is 6.63. The Balaban J connectivity index is 4.61. The lowest BCUT2D eigenvalue weighted by Crippen LogP contribution is -2.34. The molecule has 0 radical (unpaired) electrons. The zero-order valence-corrected chi connectivity index (χ0v) is 10.4. The number of rotatable bonds is 5. The highest BCUT2D eigenvalue weighted by atomic mass is 16.7. The highest BCUT2D eigenvalue weighted by Gasteiger charge is 2.30. The first-order valence-electron chi connectivity index (χ1n) is 5.10. The van der Waals surface area contributed by atoms with E-state index < -0.39 is 11.6 Å². The van der Waals surface area contributed by atoms with Gasteiger partial charge in [-0.1, -0.05) is 25.9 Å². The maximum Gasteiger partial charge on any atom is 0.350 e. The molecule has 0 aliphatic heterocycles. The summed E-state index contributed by atoms with van der Waals surface area (Å²) in [4.78, 5) is 15.8. The molecule has 0 unspecified atom stereocenters. The van der Waals surface area contributed by atoms with E-state index in [-0.39, 0.29) is 5.41 Å². The highest BCUT2D eigenvalue weighted by molar-refractivity contribution is 5.87. The van der Waals surface area contributed by atoms with Crippen molar-refractivity contribution in [2.75, 3.05) is 0 Å². The van der Waals surface area contributed by atoms with Gasteiger partial charge >= 0.3 is 5.97 Å². The maximum atomic E-state index is 10.8. The molecule has 0 saturated carbocycles. The Labute approximate surface area is 91.3 Å². The van der Waals surface area contributed by atoms with Crippen molar-refractivity contribution in [3.05, 3.63) is 0 Å². The third-order valence-corrected chi connectivity index (χ3v) is 2.79. The molecule has 0 bridgehead atoms. The second-order valence-electron chi connectivity index (χ2n) is 4.82. The van der Waals surface area contributed by atoms with Crippen LogP contribution in [0.1, 0.15) is 48.0 Å². The van der Waals surface area contributed by atoms with Gasteiger partial charge in [-0.3, -0.25) is 0 Å². The number of nitrogens with zero attached hydrogens (tertiary/aromatic N) is 1. The molecule has 0 atom stereocenters. The van der Waals surface area contributed by atoms with Crippen molar-refractivity contribution < 1.29 is 14.7 Å². The lowest BCUT2D eigenvalue weighted by Gasteiger charge is -2.24. The molecule has 0 amide bonds. The Kier molecular flexibility index (Phi) is 4.31. The van der Waals surface area contributed by atoms with Gasteiger partial charge in [-0.2, -0.15) is 0 Å². The average Bonchev–Trinajstić information content (AvgIpc) is 2.13. The minimum atomic E-state index is -1.27. The van der Waals surface area contributed by atoms with Crippen LogP contribution in [-0.2, 0) is 9.63 Å². The zero-order valence-electron chi connectivity index (χ0n) is 10.4. The Morgan fingerprint density at radius 1 is 1.33 bits per heavy atom. The highest BCUT2D eigenvalue weighted by Crippen LogP contribution is 2.23. The quantitative estimate of drug-likeness (QED) is 0.566. The van der Waals surface area contributed by atoms with Crippen molar-refractivity contribution >= 4 is 11.7 Å². The molecule has 0 spiro atoms. The minimum Gasteiger partial charge on any atom is -0.478 e. The Hall–Kier alpha value is -1.06. The van der Waals surface area contributed by atoms with Gasteiger partial charge in [0.15, 0.2) is 0 Å². The third-order valence-electron chi connectivity index (χ3n) is 2.79. The number of hydrogen-bond donors (Lipinski definition) is 1. The fourth-order valence-electron chi connectivity index (χ4n) is 0.601. The molecule has 0 saturated heterocycles. The third kappa shape index (κ3) is 3.90. The first-order valence-corrected chi connectivity index (χ1v) is 5.10. The van der Waals surface area contributed by atoms with E-state index in [0.717, 1.165) is 12.1 Å². The number of oxime groups is 1. The number of carboxylic acids is 1. The van der Waals surface area contributed by atoms with E-state index in [2.05, 4.69) is 12.1 Å². The largest absolute Gasteiger partial charge is 0.478 e. The second kappa shape index (κ2) is 4.64. The van der Waals surface area contributed by atoms with E-state index >= 15 is 0 Å². The molecule has 15 heavy (non-hydrogen) atoms. The molecule has 0 heterocycles. The zero-order chi connectivity index (χ0) is 12.3. The van der Waals surface area contributed by atoms with Gasteiger partial charge in [-0.15, -0.1) is 0 Å². The van der Waals surface area contributed by atoms with E-state index in [0.29, 0.717) is 0 Å². The van der Waals surface area contributed by atoms with Crippen molar-refractivity contribution in [2.45, 2.75) is 53.6 Å². The van der Waals surface area contributed by atoms with E-state index in [1.165, 1.54) is 13.8 Å². The second-order valence-corrected chi connectivity index (χ2v) is 4.82. The molecular weight excluding hydrogens is 194 g/mol. The van der Waals surface area contributed by atoms with Crippen molar-refractivity contribution in [2.24, 2.45) is 10.6 Å². The average molecular weight is 215 g/mol. The molecule has 4 heteroatoms. The maximum absolute atomic E-state index is 10.8. The molecular formula is C11H21NO3. The van der Waals surface area contributed by atoms with E-state index in [1.54, 1.807) is 0 Å². The smallest absolute Gasteiger partial charge is 0.350 e. The van der Waals surface area contributed by atoms with Crippen LogP contribution >= 0.6 is 0 Å². The number of hydrogen-bond acceptors (Lipinski definition) is 3. The van der Waals surface area contributed by atoms with E-state index in [4.69, 9.17) is 9.94 Å². The molecule has 0 aromatic carbocycles. The van der Waals surface area contributed by atoms with Crippen LogP contribution in [0.3, 0.4) is 0 Å². The molecule has 0 rings (SSSR count). The SMILES string of the molecule is CCC(C)(C)/C(C)=N/OC(C)(C)C(=O)O. The molecule has 88 valence electrons. The van der Waals surface area contributed by atoms with Gasteiger partial charge in [0.2, 0.25) is 5.60 Å².